The van der Waals surface area contributed by atoms with Crippen LogP contribution >= 0.6 is 22.7 Å². The summed E-state index contributed by atoms with van der Waals surface area (Å²) in [6.45, 7) is 9.18. The van der Waals surface area contributed by atoms with Gasteiger partial charge in [-0.15, -0.1) is 22.7 Å². The van der Waals surface area contributed by atoms with Crippen LogP contribution < -0.4 is 4.90 Å². The molecule has 5 heteroatoms. The Hall–Kier alpha value is -3.80. The van der Waals surface area contributed by atoms with Crippen molar-refractivity contribution in [3.8, 4) is 0 Å². The number of carbonyl (C=O) groups is 2. The van der Waals surface area contributed by atoms with Gasteiger partial charge in [0.15, 0.2) is 11.6 Å². The molecule has 0 saturated heterocycles. The lowest BCUT2D eigenvalue weighted by Gasteiger charge is -2.48. The number of nitrogens with zero attached hydrogens (tertiary/aromatic N) is 1. The number of para-hydroxylation sites is 2. The first kappa shape index (κ1) is 23.1. The van der Waals surface area contributed by atoms with Crippen LogP contribution in [0.15, 0.2) is 77.7 Å². The molecule has 3 aromatic carbocycles. The number of hydrogen-bond acceptors (Lipinski definition) is 5. The SMILES string of the molecule is CC1(C)c2ccccc2N2c3sc(/C=C4/C(=O)c5cc6ccsc6cc5C4=O)cc3C(C)(C)c3cccc1c32. The minimum Gasteiger partial charge on any atom is -0.301 e. The first-order chi connectivity index (χ1) is 18.7. The standard InChI is InChI=1S/C34H25NO2S2/c1-33(2)23-8-5-6-11-27(23)35-29-24(33)9-7-10-25(29)34(3,4)26-16-19(39-32(26)35)15-22-30(36)20-14-18-12-13-38-28(18)17-21(20)31(22)37/h5-17H,1-4H3/b22-15-. The van der Waals surface area contributed by atoms with Crippen molar-refractivity contribution in [3.05, 3.63) is 116 Å². The van der Waals surface area contributed by atoms with E-state index in [0.29, 0.717) is 11.1 Å². The third-order valence-electron chi connectivity index (χ3n) is 8.89. The molecule has 0 N–H and O–H groups in total. The van der Waals surface area contributed by atoms with Crippen molar-refractivity contribution in [2.75, 3.05) is 4.90 Å². The monoisotopic (exact) mass is 543 g/mol. The number of rotatable bonds is 1. The molecule has 0 bridgehead atoms. The smallest absolute Gasteiger partial charge is 0.197 e. The van der Waals surface area contributed by atoms with Crippen LogP contribution in [-0.2, 0) is 10.8 Å². The zero-order chi connectivity index (χ0) is 26.8. The second-order valence-electron chi connectivity index (χ2n) is 11.7. The molecule has 3 nitrogen and oxygen atoms in total. The Bertz CT molecular complexity index is 1910. The van der Waals surface area contributed by atoms with Crippen LogP contribution in [0.25, 0.3) is 16.2 Å². The van der Waals surface area contributed by atoms with E-state index < -0.39 is 0 Å². The van der Waals surface area contributed by atoms with E-state index in [1.807, 2.05) is 29.7 Å². The molecule has 1 aliphatic carbocycles. The molecular weight excluding hydrogens is 519 g/mol. The van der Waals surface area contributed by atoms with Crippen molar-refractivity contribution in [1.82, 2.24) is 0 Å². The van der Waals surface area contributed by atoms with E-state index in [1.54, 1.807) is 22.7 Å². The molecule has 2 aliphatic heterocycles. The third kappa shape index (κ3) is 2.87. The van der Waals surface area contributed by atoms with E-state index in [4.69, 9.17) is 0 Å². The number of thiophene rings is 2. The Labute approximate surface area is 235 Å². The number of fused-ring (bicyclic) bond motifs is 6. The molecule has 0 unspecified atom stereocenters. The van der Waals surface area contributed by atoms with E-state index in [0.717, 1.165) is 20.0 Å². The molecule has 0 fully saturated rings. The van der Waals surface area contributed by atoms with Gasteiger partial charge < -0.3 is 4.90 Å². The van der Waals surface area contributed by atoms with Crippen molar-refractivity contribution >= 4 is 66.8 Å². The average molecular weight is 544 g/mol. The Kier molecular flexibility index (Phi) is 4.41. The molecular formula is C34H25NO2S2. The first-order valence-electron chi connectivity index (χ1n) is 13.2. The summed E-state index contributed by atoms with van der Waals surface area (Å²) < 4.78 is 1.03. The normalized spacial score (nSPS) is 18.8. The van der Waals surface area contributed by atoms with E-state index in [1.165, 1.54) is 33.6 Å². The number of carbonyl (C=O) groups excluding carboxylic acids is 2. The first-order valence-corrected chi connectivity index (χ1v) is 14.9. The van der Waals surface area contributed by atoms with Crippen LogP contribution in [0.2, 0.25) is 0 Å². The summed E-state index contributed by atoms with van der Waals surface area (Å²) >= 11 is 3.25. The molecule has 5 aromatic rings. The summed E-state index contributed by atoms with van der Waals surface area (Å²) in [4.78, 5) is 30.2. The molecule has 8 rings (SSSR count). The van der Waals surface area contributed by atoms with Crippen LogP contribution in [0, 0.1) is 0 Å². The van der Waals surface area contributed by atoms with Gasteiger partial charge in [0, 0.05) is 31.5 Å². The van der Waals surface area contributed by atoms with Gasteiger partial charge in [0.2, 0.25) is 0 Å². The Morgan fingerprint density at radius 1 is 0.744 bits per heavy atom. The lowest BCUT2D eigenvalue weighted by molar-refractivity contribution is 0.0990. The van der Waals surface area contributed by atoms with Gasteiger partial charge >= 0.3 is 0 Å². The maximum atomic E-state index is 13.4. The summed E-state index contributed by atoms with van der Waals surface area (Å²) in [6, 6.07) is 23.3. The highest BCUT2D eigenvalue weighted by Crippen LogP contribution is 2.61. The second-order valence-corrected chi connectivity index (χ2v) is 13.8. The molecule has 39 heavy (non-hydrogen) atoms. The van der Waals surface area contributed by atoms with Gasteiger partial charge in [-0.25, -0.2) is 0 Å². The van der Waals surface area contributed by atoms with Crippen molar-refractivity contribution in [2.45, 2.75) is 38.5 Å². The van der Waals surface area contributed by atoms with Gasteiger partial charge in [-0.2, -0.15) is 0 Å². The van der Waals surface area contributed by atoms with Crippen molar-refractivity contribution in [3.63, 3.8) is 0 Å². The van der Waals surface area contributed by atoms with Crippen molar-refractivity contribution in [1.29, 1.82) is 0 Å². The zero-order valence-electron chi connectivity index (χ0n) is 22.1. The highest BCUT2D eigenvalue weighted by atomic mass is 32.1. The maximum Gasteiger partial charge on any atom is 0.197 e. The van der Waals surface area contributed by atoms with Crippen LogP contribution in [0.4, 0.5) is 16.4 Å². The second kappa shape index (κ2) is 7.44. The summed E-state index contributed by atoms with van der Waals surface area (Å²) in [5, 5.41) is 4.16. The quantitative estimate of drug-likeness (QED) is 0.156. The maximum absolute atomic E-state index is 13.4. The predicted molar refractivity (Wildman–Crippen MR) is 162 cm³/mol. The number of ketones is 2. The van der Waals surface area contributed by atoms with Gasteiger partial charge in [-0.3, -0.25) is 9.59 Å². The summed E-state index contributed by atoms with van der Waals surface area (Å²) in [5.41, 5.74) is 8.53. The van der Waals surface area contributed by atoms with Gasteiger partial charge in [0.25, 0.3) is 0 Å². The largest absolute Gasteiger partial charge is 0.301 e. The fourth-order valence-electron chi connectivity index (χ4n) is 6.75. The number of Topliss-reactive ketones (excluding diaryl/α,β-unsaturated/α-hetero) is 2. The van der Waals surface area contributed by atoms with E-state index in [2.05, 4.69) is 81.1 Å². The molecule has 190 valence electrons. The third-order valence-corrected chi connectivity index (χ3v) is 10.8. The minimum absolute atomic E-state index is 0.129. The lowest BCUT2D eigenvalue weighted by atomic mass is 9.67. The van der Waals surface area contributed by atoms with E-state index in [-0.39, 0.29) is 28.0 Å². The predicted octanol–water partition coefficient (Wildman–Crippen LogP) is 9.17. The van der Waals surface area contributed by atoms with Gasteiger partial charge in [-0.1, -0.05) is 64.1 Å². The van der Waals surface area contributed by atoms with Crippen molar-refractivity contribution < 1.29 is 9.59 Å². The van der Waals surface area contributed by atoms with Crippen LogP contribution in [0.3, 0.4) is 0 Å². The Balaban J connectivity index is 1.32. The van der Waals surface area contributed by atoms with Crippen LogP contribution in [-0.4, -0.2) is 11.6 Å². The molecule has 0 radical (unpaired) electrons. The molecule has 0 amide bonds. The molecule has 3 aliphatic rings. The van der Waals surface area contributed by atoms with Crippen molar-refractivity contribution in [2.24, 2.45) is 0 Å². The van der Waals surface area contributed by atoms with Gasteiger partial charge in [0.05, 0.1) is 16.9 Å². The average Bonchev–Trinajstić information content (AvgIpc) is 3.62. The number of benzene rings is 3. The van der Waals surface area contributed by atoms with Crippen LogP contribution in [0.1, 0.15) is 75.5 Å². The van der Waals surface area contributed by atoms with Gasteiger partial charge in [0.1, 0.15) is 5.00 Å². The molecule has 0 saturated carbocycles. The fourth-order valence-corrected chi connectivity index (χ4v) is 8.84. The molecule has 0 spiro atoms. The summed E-state index contributed by atoms with van der Waals surface area (Å²) in [7, 11) is 0. The van der Waals surface area contributed by atoms with E-state index in [9.17, 15) is 9.59 Å². The number of anilines is 3. The summed E-state index contributed by atoms with van der Waals surface area (Å²) in [5.74, 6) is -0.351. The Morgan fingerprint density at radius 2 is 1.41 bits per heavy atom. The van der Waals surface area contributed by atoms with E-state index >= 15 is 0 Å². The number of allylic oxidation sites excluding steroid dienone is 1. The fraction of sp³-hybridized carbons (Fsp3) is 0.176. The Morgan fingerprint density at radius 3 is 2.18 bits per heavy atom. The number of hydrogen-bond donors (Lipinski definition) is 0. The zero-order valence-corrected chi connectivity index (χ0v) is 23.7. The highest BCUT2D eigenvalue weighted by molar-refractivity contribution is 7.17. The lowest BCUT2D eigenvalue weighted by Crippen LogP contribution is -2.37. The highest BCUT2D eigenvalue weighted by Gasteiger charge is 2.46. The molecule has 2 aromatic heterocycles. The summed E-state index contributed by atoms with van der Waals surface area (Å²) in [6.07, 6.45) is 1.82. The minimum atomic E-state index is -0.232. The molecule has 0 atom stereocenters. The molecule has 4 heterocycles. The van der Waals surface area contributed by atoms with Gasteiger partial charge in [-0.05, 0) is 69.4 Å². The van der Waals surface area contributed by atoms with Crippen LogP contribution in [0.5, 0.6) is 0 Å². The topological polar surface area (TPSA) is 37.4 Å².